The van der Waals surface area contributed by atoms with E-state index in [1.807, 2.05) is 26.0 Å². The third-order valence-electron chi connectivity index (χ3n) is 3.88. The number of rotatable bonds is 2. The summed E-state index contributed by atoms with van der Waals surface area (Å²) in [6.07, 6.45) is 1.45. The van der Waals surface area contributed by atoms with Crippen molar-refractivity contribution < 1.29 is 10.0 Å². The smallest absolute Gasteiger partial charge is 0.321 e. The van der Waals surface area contributed by atoms with Gasteiger partial charge in [-0.05, 0) is 31.0 Å². The number of oxime groups is 1. The number of benzene rings is 1. The van der Waals surface area contributed by atoms with Crippen LogP contribution in [-0.4, -0.2) is 34.9 Å². The van der Waals surface area contributed by atoms with Crippen molar-refractivity contribution in [1.29, 1.82) is 0 Å². The van der Waals surface area contributed by atoms with Crippen LogP contribution in [0.25, 0.3) is 0 Å². The average Bonchev–Trinajstić information content (AvgIpc) is 2.50. The van der Waals surface area contributed by atoms with Crippen LogP contribution in [0.3, 0.4) is 0 Å². The average molecular weight is 310 g/mol. The lowest BCUT2D eigenvalue weighted by molar-refractivity contribution is 0.200. The van der Waals surface area contributed by atoms with E-state index in [1.165, 1.54) is 0 Å². The Hall–Kier alpha value is -1.75. The lowest BCUT2D eigenvalue weighted by Crippen LogP contribution is -2.45. The number of halogens is 1. The van der Waals surface area contributed by atoms with E-state index in [0.29, 0.717) is 30.2 Å². The zero-order chi connectivity index (χ0) is 15.4. The number of urea groups is 1. The molecule has 0 aliphatic carbocycles. The largest absolute Gasteiger partial charge is 0.411 e. The van der Waals surface area contributed by atoms with Crippen LogP contribution >= 0.6 is 11.6 Å². The predicted molar refractivity (Wildman–Crippen MR) is 84.4 cm³/mol. The number of nitrogens with one attached hydrogen (secondary N) is 1. The summed E-state index contributed by atoms with van der Waals surface area (Å²) in [5.74, 6) is 0.121. The van der Waals surface area contributed by atoms with Crippen LogP contribution < -0.4 is 5.32 Å². The van der Waals surface area contributed by atoms with Gasteiger partial charge in [-0.15, -0.1) is 0 Å². The van der Waals surface area contributed by atoms with Gasteiger partial charge in [-0.25, -0.2) is 4.79 Å². The first-order valence-corrected chi connectivity index (χ1v) is 7.45. The number of carbonyl (C=O) groups excluding carboxylic acids is 1. The Morgan fingerprint density at radius 1 is 1.57 bits per heavy atom. The van der Waals surface area contributed by atoms with E-state index < -0.39 is 0 Å². The number of nitrogens with zero attached hydrogens (tertiary/aromatic N) is 2. The molecule has 1 heterocycles. The van der Waals surface area contributed by atoms with Crippen LogP contribution in [0.2, 0.25) is 5.02 Å². The molecule has 114 valence electrons. The number of carbonyl (C=O) groups is 1. The number of aryl methyl sites for hydroxylation is 1. The molecule has 0 saturated carbocycles. The molecule has 0 spiro atoms. The molecule has 1 aliphatic rings. The quantitative estimate of drug-likeness (QED) is 0.645. The van der Waals surface area contributed by atoms with Gasteiger partial charge in [0, 0.05) is 36.1 Å². The van der Waals surface area contributed by atoms with Gasteiger partial charge in [0.2, 0.25) is 0 Å². The van der Waals surface area contributed by atoms with Crippen molar-refractivity contribution in [2.24, 2.45) is 11.1 Å². The minimum atomic E-state index is -0.148. The second kappa shape index (κ2) is 6.80. The topological polar surface area (TPSA) is 64.9 Å². The van der Waals surface area contributed by atoms with Crippen molar-refractivity contribution in [3.63, 3.8) is 0 Å². The van der Waals surface area contributed by atoms with E-state index >= 15 is 0 Å². The second-order valence-electron chi connectivity index (χ2n) is 5.29. The molecule has 5 nitrogen and oxygen atoms in total. The number of hydrogen-bond acceptors (Lipinski definition) is 3. The summed E-state index contributed by atoms with van der Waals surface area (Å²) in [6.45, 7) is 5.07. The molecule has 0 radical (unpaired) electrons. The maximum atomic E-state index is 12.3. The molecule has 2 amide bonds. The van der Waals surface area contributed by atoms with E-state index in [9.17, 15) is 4.79 Å². The number of piperidine rings is 1. The van der Waals surface area contributed by atoms with Crippen LogP contribution in [-0.2, 0) is 0 Å². The summed E-state index contributed by atoms with van der Waals surface area (Å²) in [7, 11) is 0. The fraction of sp³-hybridized carbons (Fsp3) is 0.467. The fourth-order valence-electron chi connectivity index (χ4n) is 2.47. The number of likely N-dealkylation sites (tertiary alicyclic amines) is 1. The lowest BCUT2D eigenvalue weighted by atomic mass is 9.93. The van der Waals surface area contributed by atoms with Gasteiger partial charge in [0.05, 0.1) is 5.71 Å². The van der Waals surface area contributed by atoms with Crippen LogP contribution in [0.15, 0.2) is 23.4 Å². The Kier molecular flexibility index (Phi) is 5.07. The second-order valence-corrected chi connectivity index (χ2v) is 5.69. The van der Waals surface area contributed by atoms with Gasteiger partial charge in [0.15, 0.2) is 0 Å². The summed E-state index contributed by atoms with van der Waals surface area (Å²) >= 11 is 6.06. The third kappa shape index (κ3) is 3.67. The molecule has 1 aromatic carbocycles. The predicted octanol–water partition coefficient (Wildman–Crippen LogP) is 3.74. The molecule has 1 saturated heterocycles. The van der Waals surface area contributed by atoms with Gasteiger partial charge in [-0.2, -0.15) is 0 Å². The summed E-state index contributed by atoms with van der Waals surface area (Å²) in [5.41, 5.74) is 2.44. The first kappa shape index (κ1) is 15.6. The Bertz CT molecular complexity index is 560. The van der Waals surface area contributed by atoms with Crippen LogP contribution in [0.5, 0.6) is 0 Å². The molecule has 2 N–H and O–H groups in total. The number of amides is 2. The van der Waals surface area contributed by atoms with Crippen LogP contribution in [0, 0.1) is 12.8 Å². The minimum Gasteiger partial charge on any atom is -0.411 e. The molecule has 1 atom stereocenters. The van der Waals surface area contributed by atoms with Crippen molar-refractivity contribution in [1.82, 2.24) is 4.90 Å². The molecular weight excluding hydrogens is 290 g/mol. The molecule has 1 aliphatic heterocycles. The van der Waals surface area contributed by atoms with Crippen molar-refractivity contribution in [3.8, 4) is 0 Å². The highest BCUT2D eigenvalue weighted by Gasteiger charge is 2.27. The lowest BCUT2D eigenvalue weighted by Gasteiger charge is -2.32. The highest BCUT2D eigenvalue weighted by molar-refractivity contribution is 6.31. The van der Waals surface area contributed by atoms with Gasteiger partial charge in [0.1, 0.15) is 0 Å². The molecule has 2 rings (SSSR count). The van der Waals surface area contributed by atoms with Crippen molar-refractivity contribution in [3.05, 3.63) is 28.8 Å². The molecule has 0 bridgehead atoms. The molecule has 21 heavy (non-hydrogen) atoms. The van der Waals surface area contributed by atoms with E-state index in [1.54, 1.807) is 11.0 Å². The maximum Gasteiger partial charge on any atom is 0.321 e. The standard InChI is InChI=1S/C15H20ClN3O2/c1-3-11-9-19(7-6-14(11)18-21)15(20)17-12-5-4-10(2)13(16)8-12/h4-5,8,11,21H,3,6-7,9H2,1-2H3,(H,17,20)/b18-14+. The third-order valence-corrected chi connectivity index (χ3v) is 4.29. The normalized spacial score (nSPS) is 20.6. The first-order chi connectivity index (χ1) is 10.0. The van der Waals surface area contributed by atoms with E-state index in [4.69, 9.17) is 16.8 Å². The Balaban J connectivity index is 2.02. The number of hydrogen-bond donors (Lipinski definition) is 2. The molecule has 0 aromatic heterocycles. The SMILES string of the molecule is CCC1CN(C(=O)Nc2ccc(C)c(Cl)c2)CC/C1=N\O. The summed E-state index contributed by atoms with van der Waals surface area (Å²) in [6, 6.07) is 5.31. The fourth-order valence-corrected chi connectivity index (χ4v) is 2.65. The van der Waals surface area contributed by atoms with E-state index in [2.05, 4.69) is 10.5 Å². The van der Waals surface area contributed by atoms with Gasteiger partial charge >= 0.3 is 6.03 Å². The first-order valence-electron chi connectivity index (χ1n) is 7.08. The molecule has 1 unspecified atom stereocenters. The molecular formula is C15H20ClN3O2. The number of anilines is 1. The summed E-state index contributed by atoms with van der Waals surface area (Å²) < 4.78 is 0. The van der Waals surface area contributed by atoms with Gasteiger partial charge < -0.3 is 15.4 Å². The Morgan fingerprint density at radius 2 is 2.33 bits per heavy atom. The van der Waals surface area contributed by atoms with Crippen molar-refractivity contribution >= 4 is 29.0 Å². The van der Waals surface area contributed by atoms with Crippen molar-refractivity contribution in [2.75, 3.05) is 18.4 Å². The molecule has 1 fully saturated rings. The van der Waals surface area contributed by atoms with E-state index in [-0.39, 0.29) is 11.9 Å². The highest BCUT2D eigenvalue weighted by Crippen LogP contribution is 2.22. The maximum absolute atomic E-state index is 12.3. The van der Waals surface area contributed by atoms with Crippen LogP contribution in [0.1, 0.15) is 25.3 Å². The zero-order valence-corrected chi connectivity index (χ0v) is 13.0. The summed E-state index contributed by atoms with van der Waals surface area (Å²) in [4.78, 5) is 14.0. The van der Waals surface area contributed by atoms with Gasteiger partial charge in [-0.1, -0.05) is 29.7 Å². The van der Waals surface area contributed by atoms with Gasteiger partial charge in [0.25, 0.3) is 0 Å². The molecule has 1 aromatic rings. The van der Waals surface area contributed by atoms with Gasteiger partial charge in [-0.3, -0.25) is 0 Å². The summed E-state index contributed by atoms with van der Waals surface area (Å²) in [5, 5.41) is 15.8. The van der Waals surface area contributed by atoms with Crippen LogP contribution in [0.4, 0.5) is 10.5 Å². The van der Waals surface area contributed by atoms with E-state index in [0.717, 1.165) is 17.7 Å². The Morgan fingerprint density at radius 3 is 2.95 bits per heavy atom. The monoisotopic (exact) mass is 309 g/mol. The Labute approximate surface area is 129 Å². The highest BCUT2D eigenvalue weighted by atomic mass is 35.5. The minimum absolute atomic E-state index is 0.121. The zero-order valence-electron chi connectivity index (χ0n) is 12.3. The molecule has 6 heteroatoms. The van der Waals surface area contributed by atoms with Crippen molar-refractivity contribution in [2.45, 2.75) is 26.7 Å².